The van der Waals surface area contributed by atoms with Crippen molar-refractivity contribution in [1.29, 1.82) is 0 Å². The average molecular weight is 454 g/mol. The third-order valence-corrected chi connectivity index (χ3v) is 4.72. The van der Waals surface area contributed by atoms with E-state index in [9.17, 15) is 26.7 Å². The average Bonchev–Trinajstić information content (AvgIpc) is 3.32. The molecule has 11 heteroatoms. The van der Waals surface area contributed by atoms with E-state index >= 15 is 0 Å². The van der Waals surface area contributed by atoms with Crippen LogP contribution in [0.15, 0.2) is 53.2 Å². The number of rotatable bonds is 4. The van der Waals surface area contributed by atoms with Crippen molar-refractivity contribution in [3.05, 3.63) is 76.6 Å². The molecule has 0 saturated heterocycles. The minimum absolute atomic E-state index is 0.124. The van der Waals surface area contributed by atoms with Crippen LogP contribution in [0, 0.1) is 11.6 Å². The molecule has 5 nitrogen and oxygen atoms in total. The summed E-state index contributed by atoms with van der Waals surface area (Å²) in [6.45, 7) is 0. The second-order valence-corrected chi connectivity index (χ2v) is 6.66. The molecule has 4 aromatic rings. The van der Waals surface area contributed by atoms with Gasteiger partial charge in [0.15, 0.2) is 17.7 Å². The summed E-state index contributed by atoms with van der Waals surface area (Å²) in [4.78, 5) is 11.7. The van der Waals surface area contributed by atoms with Crippen molar-refractivity contribution in [3.8, 4) is 28.3 Å². The van der Waals surface area contributed by atoms with Crippen molar-refractivity contribution in [2.24, 2.45) is 0 Å². The number of halogens is 6. The zero-order chi connectivity index (χ0) is 22.3. The molecule has 0 unspecified atom stereocenters. The second-order valence-electron chi connectivity index (χ2n) is 6.26. The molecule has 31 heavy (non-hydrogen) atoms. The van der Waals surface area contributed by atoms with Gasteiger partial charge in [-0.05, 0) is 24.3 Å². The third kappa shape index (κ3) is 3.48. The predicted octanol–water partition coefficient (Wildman–Crippen LogP) is 5.96. The molecule has 0 atom stereocenters. The molecule has 0 N–H and O–H groups in total. The van der Waals surface area contributed by atoms with Crippen LogP contribution in [-0.2, 0) is 6.18 Å². The Morgan fingerprint density at radius 3 is 2.39 bits per heavy atom. The summed E-state index contributed by atoms with van der Waals surface area (Å²) >= 11 is 5.98. The minimum atomic E-state index is -5.02. The van der Waals surface area contributed by atoms with Gasteiger partial charge in [0.05, 0.1) is 27.9 Å². The van der Waals surface area contributed by atoms with E-state index in [1.54, 1.807) is 0 Å². The molecule has 2 aromatic heterocycles. The zero-order valence-corrected chi connectivity index (χ0v) is 15.9. The lowest BCUT2D eigenvalue weighted by molar-refractivity contribution is -0.142. The van der Waals surface area contributed by atoms with E-state index in [1.807, 2.05) is 0 Å². The highest BCUT2D eigenvalue weighted by molar-refractivity contribution is 6.33. The molecule has 0 amide bonds. The number of alkyl halides is 3. The number of hydrogen-bond donors (Lipinski definition) is 0. The maximum Gasteiger partial charge on any atom is 0.434 e. The van der Waals surface area contributed by atoms with E-state index < -0.39 is 46.1 Å². The number of hydrogen-bond acceptors (Lipinski definition) is 4. The molecule has 158 valence electrons. The molecular formula is C20H9ClF5N3O2. The largest absolute Gasteiger partial charge is 0.434 e. The van der Waals surface area contributed by atoms with Gasteiger partial charge in [-0.2, -0.15) is 18.3 Å². The topological polar surface area (TPSA) is 60.9 Å². The number of nitrogens with zero attached hydrogens (tertiary/aromatic N) is 3. The van der Waals surface area contributed by atoms with Crippen LogP contribution in [-0.4, -0.2) is 21.2 Å². The highest BCUT2D eigenvalue weighted by atomic mass is 35.5. The summed E-state index contributed by atoms with van der Waals surface area (Å²) in [5.74, 6) is -2.41. The zero-order valence-electron chi connectivity index (χ0n) is 15.1. The molecule has 4 rings (SSSR count). The lowest BCUT2D eigenvalue weighted by Gasteiger charge is -2.12. The van der Waals surface area contributed by atoms with Gasteiger partial charge in [0.1, 0.15) is 23.0 Å². The normalized spacial score (nSPS) is 11.7. The Kier molecular flexibility index (Phi) is 5.10. The predicted molar refractivity (Wildman–Crippen MR) is 99.8 cm³/mol. The summed E-state index contributed by atoms with van der Waals surface area (Å²) in [6, 6.07) is 8.39. The van der Waals surface area contributed by atoms with Crippen LogP contribution >= 0.6 is 11.6 Å². The Morgan fingerprint density at radius 1 is 1.03 bits per heavy atom. The first kappa shape index (κ1) is 20.7. The molecular weight excluding hydrogens is 445 g/mol. The van der Waals surface area contributed by atoms with Crippen LogP contribution in [0.2, 0.25) is 5.02 Å². The number of carbonyl (C=O) groups excluding carboxylic acids is 1. The van der Waals surface area contributed by atoms with Gasteiger partial charge >= 0.3 is 6.18 Å². The van der Waals surface area contributed by atoms with E-state index in [0.717, 1.165) is 24.4 Å². The van der Waals surface area contributed by atoms with Gasteiger partial charge in [0.2, 0.25) is 0 Å². The Hall–Kier alpha value is -3.53. The molecule has 0 saturated carbocycles. The number of benzene rings is 2. The SMILES string of the molecule is O=Cc1c(-c2c(F)cccc2Cl)noc1-c1cnn(-c2ccccc2F)c1C(F)(F)F. The lowest BCUT2D eigenvalue weighted by atomic mass is 10.0. The summed E-state index contributed by atoms with van der Waals surface area (Å²) < 4.78 is 75.5. The highest BCUT2D eigenvalue weighted by Crippen LogP contribution is 2.42. The molecule has 0 spiro atoms. The number of carbonyl (C=O) groups is 1. The molecule has 2 aromatic carbocycles. The van der Waals surface area contributed by atoms with E-state index in [-0.39, 0.29) is 22.6 Å². The van der Waals surface area contributed by atoms with Crippen molar-refractivity contribution in [2.75, 3.05) is 0 Å². The van der Waals surface area contributed by atoms with Gasteiger partial charge in [0.25, 0.3) is 0 Å². The fourth-order valence-electron chi connectivity index (χ4n) is 3.10. The number of para-hydroxylation sites is 1. The van der Waals surface area contributed by atoms with E-state index in [2.05, 4.69) is 10.3 Å². The monoisotopic (exact) mass is 453 g/mol. The molecule has 0 fully saturated rings. The van der Waals surface area contributed by atoms with Crippen LogP contribution < -0.4 is 0 Å². The Bertz CT molecular complexity index is 1280. The first-order valence-corrected chi connectivity index (χ1v) is 8.91. The fourth-order valence-corrected chi connectivity index (χ4v) is 3.35. The van der Waals surface area contributed by atoms with Crippen LogP contribution in [0.4, 0.5) is 22.0 Å². The van der Waals surface area contributed by atoms with Gasteiger partial charge < -0.3 is 4.52 Å². The van der Waals surface area contributed by atoms with Crippen molar-refractivity contribution in [3.63, 3.8) is 0 Å². The maximum atomic E-state index is 14.3. The molecule has 0 aliphatic rings. The molecule has 0 bridgehead atoms. The van der Waals surface area contributed by atoms with Gasteiger partial charge in [-0.1, -0.05) is 35.0 Å². The van der Waals surface area contributed by atoms with Crippen LogP contribution in [0.25, 0.3) is 28.3 Å². The summed E-state index contributed by atoms with van der Waals surface area (Å²) in [7, 11) is 0. The third-order valence-electron chi connectivity index (χ3n) is 4.41. The van der Waals surface area contributed by atoms with Gasteiger partial charge in [-0.15, -0.1) is 0 Å². The van der Waals surface area contributed by atoms with Crippen molar-refractivity contribution < 1.29 is 31.3 Å². The van der Waals surface area contributed by atoms with E-state index in [4.69, 9.17) is 16.1 Å². The molecule has 0 radical (unpaired) electrons. The van der Waals surface area contributed by atoms with Gasteiger partial charge in [-0.25, -0.2) is 13.5 Å². The Labute approximate surface area is 175 Å². The summed E-state index contributed by atoms with van der Waals surface area (Å²) in [6.07, 6.45) is -4.09. The Morgan fingerprint density at radius 2 is 1.74 bits per heavy atom. The minimum Gasteiger partial charge on any atom is -0.355 e. The first-order valence-electron chi connectivity index (χ1n) is 8.53. The van der Waals surface area contributed by atoms with Gasteiger partial charge in [-0.3, -0.25) is 4.79 Å². The smallest absolute Gasteiger partial charge is 0.355 e. The molecule has 0 aliphatic carbocycles. The second kappa shape index (κ2) is 7.62. The standard InChI is InChI=1S/C20H9ClF5N3O2/c21-12-4-3-6-14(23)16(12)17-11(9-30)18(31-28-17)10-8-27-29(19(10)20(24,25)26)15-7-2-1-5-13(15)22/h1-9H. The van der Waals surface area contributed by atoms with Crippen LogP contribution in [0.3, 0.4) is 0 Å². The number of aromatic nitrogens is 3. The summed E-state index contributed by atoms with van der Waals surface area (Å²) in [5, 5.41) is 7.08. The molecule has 0 aliphatic heterocycles. The van der Waals surface area contributed by atoms with Crippen molar-refractivity contribution >= 4 is 17.9 Å². The highest BCUT2D eigenvalue weighted by Gasteiger charge is 2.41. The van der Waals surface area contributed by atoms with Crippen LogP contribution in [0.1, 0.15) is 16.1 Å². The van der Waals surface area contributed by atoms with E-state index in [0.29, 0.717) is 4.68 Å². The first-order chi connectivity index (χ1) is 14.7. The van der Waals surface area contributed by atoms with Crippen molar-refractivity contribution in [1.82, 2.24) is 14.9 Å². The van der Waals surface area contributed by atoms with Crippen molar-refractivity contribution in [2.45, 2.75) is 6.18 Å². The quantitative estimate of drug-likeness (QED) is 0.283. The number of aldehydes is 1. The van der Waals surface area contributed by atoms with Crippen LogP contribution in [0.5, 0.6) is 0 Å². The van der Waals surface area contributed by atoms with E-state index in [1.165, 1.54) is 24.3 Å². The molecule has 2 heterocycles. The fraction of sp³-hybridized carbons (Fsp3) is 0.0500. The maximum absolute atomic E-state index is 14.3. The van der Waals surface area contributed by atoms with Gasteiger partial charge in [0, 0.05) is 0 Å². The lowest BCUT2D eigenvalue weighted by Crippen LogP contribution is -2.15. The summed E-state index contributed by atoms with van der Waals surface area (Å²) in [5.41, 5.74) is -3.69. The Balaban J connectivity index is 1.98.